The standard InChI is InChI=1S/C13H16F3N3O2/c1-18-10-6-8(2-3-9(10)11(17)12(18)21)19(4-5-20)7-13(14,15)16/h2-3,6,11,20H,4-5,7,17H2,1H3. The van der Waals surface area contributed by atoms with E-state index in [9.17, 15) is 18.0 Å². The minimum atomic E-state index is -4.38. The lowest BCUT2D eigenvalue weighted by molar-refractivity contribution is -0.120. The normalized spacial score (nSPS) is 18.1. The molecule has 116 valence electrons. The van der Waals surface area contributed by atoms with Crippen LogP contribution in [0.4, 0.5) is 24.5 Å². The first-order valence-corrected chi connectivity index (χ1v) is 6.34. The number of nitrogens with zero attached hydrogens (tertiary/aromatic N) is 2. The van der Waals surface area contributed by atoms with Crippen LogP contribution in [0.15, 0.2) is 18.2 Å². The molecule has 0 radical (unpaired) electrons. The number of carbonyl (C=O) groups excluding carboxylic acids is 1. The molecule has 1 amide bonds. The number of hydrogen-bond donors (Lipinski definition) is 2. The van der Waals surface area contributed by atoms with Gasteiger partial charge in [-0.1, -0.05) is 6.07 Å². The monoisotopic (exact) mass is 303 g/mol. The number of halogens is 3. The zero-order valence-corrected chi connectivity index (χ0v) is 11.4. The minimum Gasteiger partial charge on any atom is -0.395 e. The first kappa shape index (κ1) is 15.6. The van der Waals surface area contributed by atoms with E-state index in [1.807, 2.05) is 0 Å². The van der Waals surface area contributed by atoms with Crippen LogP contribution in [-0.2, 0) is 4.79 Å². The first-order chi connectivity index (χ1) is 9.74. The lowest BCUT2D eigenvalue weighted by atomic mass is 10.1. The summed E-state index contributed by atoms with van der Waals surface area (Å²) in [6.07, 6.45) is -4.38. The number of alkyl halides is 3. The van der Waals surface area contributed by atoms with Crippen LogP contribution < -0.4 is 15.5 Å². The summed E-state index contributed by atoms with van der Waals surface area (Å²) in [4.78, 5) is 14.1. The number of anilines is 2. The number of aliphatic hydroxyl groups excluding tert-OH is 1. The first-order valence-electron chi connectivity index (χ1n) is 6.34. The molecule has 0 saturated carbocycles. The van der Waals surface area contributed by atoms with Gasteiger partial charge in [-0.3, -0.25) is 4.79 Å². The van der Waals surface area contributed by atoms with Gasteiger partial charge in [0.1, 0.15) is 12.6 Å². The number of benzene rings is 1. The highest BCUT2D eigenvalue weighted by molar-refractivity contribution is 6.04. The Morgan fingerprint density at radius 3 is 2.67 bits per heavy atom. The maximum atomic E-state index is 12.6. The van der Waals surface area contributed by atoms with Crippen molar-refractivity contribution in [1.82, 2.24) is 0 Å². The SMILES string of the molecule is CN1C(=O)C(N)c2ccc(N(CCO)CC(F)(F)F)cc21. The Labute approximate surface area is 119 Å². The zero-order valence-electron chi connectivity index (χ0n) is 11.4. The predicted molar refractivity (Wildman–Crippen MR) is 72.1 cm³/mol. The van der Waals surface area contributed by atoms with Crippen LogP contribution in [0.25, 0.3) is 0 Å². The fraction of sp³-hybridized carbons (Fsp3) is 0.462. The maximum absolute atomic E-state index is 12.6. The molecule has 1 unspecified atom stereocenters. The van der Waals surface area contributed by atoms with Gasteiger partial charge in [-0.25, -0.2) is 0 Å². The summed E-state index contributed by atoms with van der Waals surface area (Å²) in [5.74, 6) is -0.299. The molecule has 3 N–H and O–H groups in total. The molecule has 21 heavy (non-hydrogen) atoms. The highest BCUT2D eigenvalue weighted by Crippen LogP contribution is 2.36. The van der Waals surface area contributed by atoms with E-state index < -0.39 is 25.4 Å². The highest BCUT2D eigenvalue weighted by atomic mass is 19.4. The molecular formula is C13H16F3N3O2. The molecule has 5 nitrogen and oxygen atoms in total. The summed E-state index contributed by atoms with van der Waals surface area (Å²) in [5, 5.41) is 8.93. The predicted octanol–water partition coefficient (Wildman–Crippen LogP) is 1.02. The number of likely N-dealkylation sites (N-methyl/N-ethyl adjacent to an activating group) is 1. The van der Waals surface area contributed by atoms with Crippen molar-refractivity contribution in [3.63, 3.8) is 0 Å². The molecule has 8 heteroatoms. The van der Waals surface area contributed by atoms with Gasteiger partial charge >= 0.3 is 6.18 Å². The van der Waals surface area contributed by atoms with E-state index in [-0.39, 0.29) is 18.1 Å². The number of aliphatic hydroxyl groups is 1. The van der Waals surface area contributed by atoms with Gasteiger partial charge in [0.25, 0.3) is 0 Å². The number of fused-ring (bicyclic) bond motifs is 1. The average molecular weight is 303 g/mol. The molecule has 0 aliphatic carbocycles. The van der Waals surface area contributed by atoms with E-state index in [0.29, 0.717) is 11.3 Å². The molecule has 0 spiro atoms. The lowest BCUT2D eigenvalue weighted by Gasteiger charge is -2.26. The molecule has 0 fully saturated rings. The van der Waals surface area contributed by atoms with E-state index >= 15 is 0 Å². The molecule has 1 aliphatic heterocycles. The Morgan fingerprint density at radius 1 is 1.43 bits per heavy atom. The van der Waals surface area contributed by atoms with Crippen molar-refractivity contribution in [2.45, 2.75) is 12.2 Å². The second-order valence-electron chi connectivity index (χ2n) is 4.88. The summed E-state index contributed by atoms with van der Waals surface area (Å²) in [5.41, 5.74) is 7.11. The molecule has 1 aliphatic rings. The van der Waals surface area contributed by atoms with Crippen LogP contribution in [0.5, 0.6) is 0 Å². The molecule has 1 atom stereocenters. The van der Waals surface area contributed by atoms with Crippen molar-refractivity contribution in [3.8, 4) is 0 Å². The lowest BCUT2D eigenvalue weighted by Crippen LogP contribution is -2.36. The maximum Gasteiger partial charge on any atom is 0.405 e. The van der Waals surface area contributed by atoms with E-state index in [1.54, 1.807) is 6.07 Å². The second kappa shape index (κ2) is 5.53. The Hall–Kier alpha value is -1.80. The molecule has 1 aromatic rings. The summed E-state index contributed by atoms with van der Waals surface area (Å²) in [6, 6.07) is 3.74. The molecule has 0 aromatic heterocycles. The van der Waals surface area contributed by atoms with Crippen molar-refractivity contribution >= 4 is 17.3 Å². The van der Waals surface area contributed by atoms with Crippen LogP contribution in [0, 0.1) is 0 Å². The number of rotatable bonds is 4. The highest BCUT2D eigenvalue weighted by Gasteiger charge is 2.34. The summed E-state index contributed by atoms with van der Waals surface area (Å²) in [6.45, 7) is -1.72. The Morgan fingerprint density at radius 2 is 2.10 bits per heavy atom. The van der Waals surface area contributed by atoms with Crippen molar-refractivity contribution < 1.29 is 23.1 Å². The van der Waals surface area contributed by atoms with Crippen LogP contribution in [0.3, 0.4) is 0 Å². The van der Waals surface area contributed by atoms with Crippen LogP contribution in [-0.4, -0.2) is 43.9 Å². The smallest absolute Gasteiger partial charge is 0.395 e. The third-order valence-corrected chi connectivity index (χ3v) is 3.41. The third kappa shape index (κ3) is 3.11. The number of hydrogen-bond acceptors (Lipinski definition) is 4. The van der Waals surface area contributed by atoms with Crippen LogP contribution in [0.1, 0.15) is 11.6 Å². The molecule has 2 rings (SSSR count). The van der Waals surface area contributed by atoms with E-state index in [0.717, 1.165) is 4.90 Å². The molecule has 0 saturated heterocycles. The number of nitrogens with two attached hydrogens (primary N) is 1. The number of amides is 1. The van der Waals surface area contributed by atoms with Gasteiger partial charge < -0.3 is 20.6 Å². The topological polar surface area (TPSA) is 69.8 Å². The number of carbonyl (C=O) groups is 1. The van der Waals surface area contributed by atoms with E-state index in [1.165, 1.54) is 24.1 Å². The molecular weight excluding hydrogens is 287 g/mol. The summed E-state index contributed by atoms with van der Waals surface area (Å²) < 4.78 is 37.7. The molecule has 1 heterocycles. The van der Waals surface area contributed by atoms with Crippen molar-refractivity contribution in [2.75, 3.05) is 36.5 Å². The Balaban J connectivity index is 2.34. The zero-order chi connectivity index (χ0) is 15.8. The fourth-order valence-corrected chi connectivity index (χ4v) is 2.38. The minimum absolute atomic E-state index is 0.151. The molecule has 1 aromatic carbocycles. The fourth-order valence-electron chi connectivity index (χ4n) is 2.38. The second-order valence-corrected chi connectivity index (χ2v) is 4.88. The summed E-state index contributed by atoms with van der Waals surface area (Å²) in [7, 11) is 1.53. The van der Waals surface area contributed by atoms with Gasteiger partial charge in [0.05, 0.1) is 12.3 Å². The quantitative estimate of drug-likeness (QED) is 0.871. The van der Waals surface area contributed by atoms with E-state index in [4.69, 9.17) is 10.8 Å². The van der Waals surface area contributed by atoms with E-state index in [2.05, 4.69) is 0 Å². The average Bonchev–Trinajstić information content (AvgIpc) is 2.62. The largest absolute Gasteiger partial charge is 0.405 e. The van der Waals surface area contributed by atoms with Crippen LogP contribution >= 0.6 is 0 Å². The third-order valence-electron chi connectivity index (χ3n) is 3.41. The summed E-state index contributed by atoms with van der Waals surface area (Å²) >= 11 is 0. The van der Waals surface area contributed by atoms with Crippen molar-refractivity contribution in [3.05, 3.63) is 23.8 Å². The van der Waals surface area contributed by atoms with Crippen molar-refractivity contribution in [1.29, 1.82) is 0 Å². The van der Waals surface area contributed by atoms with Crippen molar-refractivity contribution in [2.24, 2.45) is 5.73 Å². The Bertz CT molecular complexity index is 548. The Kier molecular flexibility index (Phi) is 4.11. The van der Waals surface area contributed by atoms with Gasteiger partial charge in [-0.05, 0) is 12.1 Å². The van der Waals surface area contributed by atoms with Gasteiger partial charge in [0, 0.05) is 24.8 Å². The van der Waals surface area contributed by atoms with Gasteiger partial charge in [-0.2, -0.15) is 13.2 Å². The van der Waals surface area contributed by atoms with Gasteiger partial charge in [0.15, 0.2) is 0 Å². The van der Waals surface area contributed by atoms with Crippen LogP contribution in [0.2, 0.25) is 0 Å². The molecule has 0 bridgehead atoms. The van der Waals surface area contributed by atoms with Gasteiger partial charge in [0.2, 0.25) is 5.91 Å². The van der Waals surface area contributed by atoms with Gasteiger partial charge in [-0.15, -0.1) is 0 Å².